The quantitative estimate of drug-likeness (QED) is 0.861. The van der Waals surface area contributed by atoms with E-state index in [0.29, 0.717) is 0 Å². The molecule has 0 amide bonds. The minimum atomic E-state index is -0.179. The van der Waals surface area contributed by atoms with E-state index in [1.165, 1.54) is 11.1 Å². The first kappa shape index (κ1) is 16.0. The minimum absolute atomic E-state index is 0.123. The van der Waals surface area contributed by atoms with Gasteiger partial charge in [0.1, 0.15) is 5.82 Å². The molecule has 1 heterocycles. The van der Waals surface area contributed by atoms with Crippen LogP contribution in [0, 0.1) is 6.92 Å². The summed E-state index contributed by atoms with van der Waals surface area (Å²) in [5, 5.41) is 0. The van der Waals surface area contributed by atoms with Crippen LogP contribution < -0.4 is 5.56 Å². The van der Waals surface area contributed by atoms with Crippen LogP contribution in [0.15, 0.2) is 23.0 Å². The Balaban J connectivity index is 2.29. The van der Waals surface area contributed by atoms with Crippen LogP contribution >= 0.6 is 0 Å². The van der Waals surface area contributed by atoms with Crippen LogP contribution in [-0.4, -0.2) is 9.55 Å². The van der Waals surface area contributed by atoms with Gasteiger partial charge in [-0.05, 0) is 25.3 Å². The molecule has 3 nitrogen and oxygen atoms in total. The fraction of sp³-hybridized carbons (Fsp3) is 0.500. The van der Waals surface area contributed by atoms with Gasteiger partial charge >= 0.3 is 0 Å². The fourth-order valence-corrected chi connectivity index (χ4v) is 3.67. The Morgan fingerprint density at radius 1 is 1.30 bits per heavy atom. The molecule has 1 aliphatic carbocycles. The maximum atomic E-state index is 13.0. The van der Waals surface area contributed by atoms with Crippen molar-refractivity contribution in [2.75, 3.05) is 0 Å². The Bertz CT molecular complexity index is 815. The molecule has 0 saturated heterocycles. The highest BCUT2D eigenvalue weighted by Crippen LogP contribution is 2.40. The smallest absolute Gasteiger partial charge is 0.257 e. The molecule has 0 radical (unpaired) electrons. The zero-order chi connectivity index (χ0) is 16.8. The second kappa shape index (κ2) is 5.63. The van der Waals surface area contributed by atoms with Crippen LogP contribution in [0.3, 0.4) is 0 Å². The van der Waals surface area contributed by atoms with Crippen molar-refractivity contribution in [1.82, 2.24) is 9.55 Å². The number of fused-ring (bicyclic) bond motifs is 3. The second-order valence-corrected chi connectivity index (χ2v) is 7.44. The van der Waals surface area contributed by atoms with Crippen molar-refractivity contribution in [3.8, 4) is 11.3 Å². The average molecular weight is 310 g/mol. The summed E-state index contributed by atoms with van der Waals surface area (Å²) in [6.45, 7) is 8.60. The van der Waals surface area contributed by atoms with Gasteiger partial charge in [-0.3, -0.25) is 9.36 Å². The van der Waals surface area contributed by atoms with Gasteiger partial charge in [-0.1, -0.05) is 51.0 Å². The van der Waals surface area contributed by atoms with Gasteiger partial charge in [0.2, 0.25) is 0 Å². The molecule has 0 spiro atoms. The minimum Gasteiger partial charge on any atom is -0.300 e. The molecule has 3 rings (SSSR count). The summed E-state index contributed by atoms with van der Waals surface area (Å²) in [6, 6.07) is 6.49. The number of aryl methyl sites for hydroxylation is 2. The highest BCUT2D eigenvalue weighted by Gasteiger charge is 2.35. The van der Waals surface area contributed by atoms with Crippen LogP contribution in [0.4, 0.5) is 0 Å². The third-order valence-corrected chi connectivity index (χ3v) is 4.96. The Morgan fingerprint density at radius 2 is 2.04 bits per heavy atom. The van der Waals surface area contributed by atoms with Crippen molar-refractivity contribution in [2.24, 2.45) is 7.05 Å². The summed E-state index contributed by atoms with van der Waals surface area (Å²) in [5.41, 5.74) is 5.43. The highest BCUT2D eigenvalue weighted by molar-refractivity contribution is 5.71. The standard InChI is InChI=1S/C20H26N2O/c1-6-7-8-16-21-18-15-10-9-13(2)11-14(15)12-20(3,4)17(18)19(23)22(16)5/h9-11H,6-8,12H2,1-5H3. The Labute approximate surface area is 138 Å². The van der Waals surface area contributed by atoms with Gasteiger partial charge in [-0.25, -0.2) is 4.98 Å². The molecule has 23 heavy (non-hydrogen) atoms. The average Bonchev–Trinajstić information content (AvgIpc) is 2.47. The number of nitrogens with zero attached hydrogens (tertiary/aromatic N) is 2. The molecule has 0 aliphatic heterocycles. The first-order chi connectivity index (χ1) is 10.8. The van der Waals surface area contributed by atoms with Crippen molar-refractivity contribution < 1.29 is 0 Å². The monoisotopic (exact) mass is 310 g/mol. The van der Waals surface area contributed by atoms with E-state index in [1.54, 1.807) is 4.57 Å². The fourth-order valence-electron chi connectivity index (χ4n) is 3.67. The van der Waals surface area contributed by atoms with Gasteiger partial charge in [0.15, 0.2) is 0 Å². The molecule has 3 heteroatoms. The van der Waals surface area contributed by atoms with E-state index < -0.39 is 0 Å². The summed E-state index contributed by atoms with van der Waals surface area (Å²) < 4.78 is 1.76. The number of benzene rings is 1. The zero-order valence-electron chi connectivity index (χ0n) is 14.9. The van der Waals surface area contributed by atoms with Crippen molar-refractivity contribution in [3.63, 3.8) is 0 Å². The molecule has 0 N–H and O–H groups in total. The summed E-state index contributed by atoms with van der Waals surface area (Å²) in [4.78, 5) is 18.0. The lowest BCUT2D eigenvalue weighted by atomic mass is 9.72. The molecule has 0 atom stereocenters. The van der Waals surface area contributed by atoms with Crippen LogP contribution in [-0.2, 0) is 25.3 Å². The maximum absolute atomic E-state index is 13.0. The third-order valence-electron chi connectivity index (χ3n) is 4.96. The molecule has 1 aromatic carbocycles. The number of aromatic nitrogens is 2. The lowest BCUT2D eigenvalue weighted by molar-refractivity contribution is 0.496. The predicted octanol–water partition coefficient (Wildman–Crippen LogP) is 3.93. The van der Waals surface area contributed by atoms with Crippen molar-refractivity contribution in [1.29, 1.82) is 0 Å². The summed E-state index contributed by atoms with van der Waals surface area (Å²) in [7, 11) is 1.86. The maximum Gasteiger partial charge on any atom is 0.257 e. The normalized spacial score (nSPS) is 15.2. The van der Waals surface area contributed by atoms with E-state index in [4.69, 9.17) is 4.98 Å². The van der Waals surface area contributed by atoms with E-state index in [9.17, 15) is 4.79 Å². The molecule has 0 saturated carbocycles. The van der Waals surface area contributed by atoms with E-state index in [2.05, 4.69) is 45.9 Å². The topological polar surface area (TPSA) is 34.9 Å². The van der Waals surface area contributed by atoms with E-state index in [-0.39, 0.29) is 11.0 Å². The Kier molecular flexibility index (Phi) is 3.91. The SMILES string of the molecule is CCCCc1nc2c(c(=O)n1C)C(C)(C)Cc1cc(C)ccc1-2. The van der Waals surface area contributed by atoms with Gasteiger partial charge < -0.3 is 0 Å². The molecule has 1 aromatic heterocycles. The lowest BCUT2D eigenvalue weighted by Gasteiger charge is -2.33. The second-order valence-electron chi connectivity index (χ2n) is 7.44. The molecule has 1 aliphatic rings. The van der Waals surface area contributed by atoms with Crippen LogP contribution in [0.1, 0.15) is 56.1 Å². The van der Waals surface area contributed by atoms with E-state index in [0.717, 1.165) is 48.3 Å². The third kappa shape index (κ3) is 2.62. The van der Waals surface area contributed by atoms with Gasteiger partial charge in [-0.2, -0.15) is 0 Å². The molecular weight excluding hydrogens is 284 g/mol. The predicted molar refractivity (Wildman–Crippen MR) is 95.0 cm³/mol. The number of hydrogen-bond acceptors (Lipinski definition) is 2. The van der Waals surface area contributed by atoms with Crippen molar-refractivity contribution in [2.45, 2.75) is 58.8 Å². The number of unbranched alkanes of at least 4 members (excludes halogenated alkanes) is 1. The molecule has 0 fully saturated rings. The highest BCUT2D eigenvalue weighted by atomic mass is 16.1. The van der Waals surface area contributed by atoms with E-state index in [1.807, 2.05) is 7.05 Å². The summed E-state index contributed by atoms with van der Waals surface area (Å²) in [6.07, 6.45) is 3.91. The number of hydrogen-bond donors (Lipinski definition) is 0. The largest absolute Gasteiger partial charge is 0.300 e. The molecule has 0 unspecified atom stereocenters. The van der Waals surface area contributed by atoms with Crippen LogP contribution in [0.2, 0.25) is 0 Å². The molecule has 2 aromatic rings. The van der Waals surface area contributed by atoms with Crippen molar-refractivity contribution >= 4 is 0 Å². The zero-order valence-corrected chi connectivity index (χ0v) is 14.9. The van der Waals surface area contributed by atoms with Crippen molar-refractivity contribution in [3.05, 3.63) is 51.1 Å². The van der Waals surface area contributed by atoms with Gasteiger partial charge in [0.25, 0.3) is 5.56 Å². The Morgan fingerprint density at radius 3 is 2.74 bits per heavy atom. The summed E-state index contributed by atoms with van der Waals surface area (Å²) in [5.74, 6) is 0.903. The first-order valence-corrected chi connectivity index (χ1v) is 8.55. The van der Waals surface area contributed by atoms with E-state index >= 15 is 0 Å². The van der Waals surface area contributed by atoms with Gasteiger partial charge in [0.05, 0.1) is 5.69 Å². The van der Waals surface area contributed by atoms with Crippen LogP contribution in [0.25, 0.3) is 11.3 Å². The first-order valence-electron chi connectivity index (χ1n) is 8.55. The summed E-state index contributed by atoms with van der Waals surface area (Å²) >= 11 is 0. The van der Waals surface area contributed by atoms with Gasteiger partial charge in [-0.15, -0.1) is 0 Å². The Hall–Kier alpha value is -1.90. The molecule has 122 valence electrons. The lowest BCUT2D eigenvalue weighted by Crippen LogP contribution is -2.38. The van der Waals surface area contributed by atoms with Gasteiger partial charge in [0, 0.05) is 30.0 Å². The molecular formula is C20H26N2O. The number of rotatable bonds is 3. The molecule has 0 bridgehead atoms. The van der Waals surface area contributed by atoms with Crippen LogP contribution in [0.5, 0.6) is 0 Å².